The smallest absolute Gasteiger partial charge is 0.278 e. The molecule has 0 N–H and O–H groups in total. The van der Waals surface area contributed by atoms with Crippen LogP contribution >= 0.6 is 0 Å². The van der Waals surface area contributed by atoms with Crippen LogP contribution in [0, 0.1) is 11.7 Å². The van der Waals surface area contributed by atoms with Crippen LogP contribution in [0.25, 0.3) is 0 Å². The number of anilines is 1. The molecule has 2 aromatic rings. The van der Waals surface area contributed by atoms with Gasteiger partial charge in [-0.3, -0.25) is 14.4 Å². The standard InChI is InChI=1S/C19H13FN2O4/c1-10(23)11-4-8-14(9-5-11)22-18(24)15-16(21-26-17(15)19(22)25)12-2-6-13(20)7-3-12/h2-9,15,17H,1H3/t15-,17-/m0/s1. The number of imide groups is 1. The van der Waals surface area contributed by atoms with E-state index in [0.717, 1.165) is 4.90 Å². The molecule has 6 nitrogen and oxygen atoms in total. The molecule has 2 aliphatic heterocycles. The molecule has 0 spiro atoms. The lowest BCUT2D eigenvalue weighted by Gasteiger charge is -2.15. The molecule has 0 unspecified atom stereocenters. The van der Waals surface area contributed by atoms with Gasteiger partial charge in [0.2, 0.25) is 12.0 Å². The Morgan fingerprint density at radius 3 is 2.31 bits per heavy atom. The molecule has 0 radical (unpaired) electrons. The lowest BCUT2D eigenvalue weighted by molar-refractivity contribution is -0.126. The zero-order valence-corrected chi connectivity index (χ0v) is 13.7. The fourth-order valence-corrected chi connectivity index (χ4v) is 3.14. The van der Waals surface area contributed by atoms with Gasteiger partial charge in [-0.25, -0.2) is 9.29 Å². The Hall–Kier alpha value is -3.35. The molecule has 0 bridgehead atoms. The highest BCUT2D eigenvalue weighted by molar-refractivity contribution is 6.32. The molecule has 26 heavy (non-hydrogen) atoms. The molecule has 0 aromatic heterocycles. The van der Waals surface area contributed by atoms with Crippen molar-refractivity contribution in [1.29, 1.82) is 0 Å². The van der Waals surface area contributed by atoms with E-state index in [4.69, 9.17) is 4.84 Å². The highest BCUT2D eigenvalue weighted by Gasteiger charge is 2.56. The molecule has 130 valence electrons. The van der Waals surface area contributed by atoms with E-state index in [1.54, 1.807) is 24.3 Å². The summed E-state index contributed by atoms with van der Waals surface area (Å²) in [7, 11) is 0. The van der Waals surface area contributed by atoms with Crippen molar-refractivity contribution in [3.8, 4) is 0 Å². The molecule has 2 amide bonds. The van der Waals surface area contributed by atoms with Gasteiger partial charge >= 0.3 is 0 Å². The normalized spacial score (nSPS) is 21.5. The fourth-order valence-electron chi connectivity index (χ4n) is 3.14. The summed E-state index contributed by atoms with van der Waals surface area (Å²) in [6.45, 7) is 1.44. The average Bonchev–Trinajstić information content (AvgIpc) is 3.17. The highest BCUT2D eigenvalue weighted by atomic mass is 19.1. The Morgan fingerprint density at radius 2 is 1.69 bits per heavy atom. The maximum atomic E-state index is 13.1. The molecule has 0 aliphatic carbocycles. The van der Waals surface area contributed by atoms with Gasteiger partial charge in [-0.05, 0) is 43.3 Å². The van der Waals surface area contributed by atoms with Gasteiger partial charge in [0.15, 0.2) is 5.78 Å². The zero-order chi connectivity index (χ0) is 18.4. The van der Waals surface area contributed by atoms with E-state index in [1.807, 2.05) is 0 Å². The van der Waals surface area contributed by atoms with E-state index in [9.17, 15) is 18.8 Å². The summed E-state index contributed by atoms with van der Waals surface area (Å²) in [6.07, 6.45) is -1.03. The number of Topliss-reactive ketones (excluding diaryl/α,β-unsaturated/α-hetero) is 1. The van der Waals surface area contributed by atoms with Crippen LogP contribution in [0.1, 0.15) is 22.8 Å². The number of hydrogen-bond donors (Lipinski definition) is 0. The summed E-state index contributed by atoms with van der Waals surface area (Å²) < 4.78 is 13.1. The van der Waals surface area contributed by atoms with Crippen LogP contribution in [0.15, 0.2) is 53.7 Å². The molecule has 2 heterocycles. The molecule has 1 fully saturated rings. The van der Waals surface area contributed by atoms with Gasteiger partial charge in [0.05, 0.1) is 5.69 Å². The second-order valence-electron chi connectivity index (χ2n) is 6.10. The predicted molar refractivity (Wildman–Crippen MR) is 90.2 cm³/mol. The first-order valence-electron chi connectivity index (χ1n) is 7.96. The minimum Gasteiger partial charge on any atom is -0.381 e. The third-order valence-electron chi connectivity index (χ3n) is 4.48. The van der Waals surface area contributed by atoms with Crippen molar-refractivity contribution >= 4 is 29.0 Å². The lowest BCUT2D eigenvalue weighted by atomic mass is 9.94. The van der Waals surface area contributed by atoms with E-state index < -0.39 is 29.7 Å². The third kappa shape index (κ3) is 2.40. The van der Waals surface area contributed by atoms with Crippen LogP contribution in [0.2, 0.25) is 0 Å². The van der Waals surface area contributed by atoms with Gasteiger partial charge in [-0.1, -0.05) is 17.3 Å². The topological polar surface area (TPSA) is 76.0 Å². The van der Waals surface area contributed by atoms with Crippen molar-refractivity contribution in [2.24, 2.45) is 11.1 Å². The molecule has 7 heteroatoms. The van der Waals surface area contributed by atoms with Gasteiger partial charge in [0.25, 0.3) is 5.91 Å². The Bertz CT molecular complexity index is 951. The minimum absolute atomic E-state index is 0.110. The van der Waals surface area contributed by atoms with Gasteiger partial charge in [0.1, 0.15) is 17.4 Å². The summed E-state index contributed by atoms with van der Waals surface area (Å²) in [6, 6.07) is 11.7. The summed E-state index contributed by atoms with van der Waals surface area (Å²) in [4.78, 5) is 43.1. The molecular formula is C19H13FN2O4. The van der Waals surface area contributed by atoms with E-state index in [-0.39, 0.29) is 5.78 Å². The quantitative estimate of drug-likeness (QED) is 0.627. The monoisotopic (exact) mass is 352 g/mol. The number of hydrogen-bond acceptors (Lipinski definition) is 5. The van der Waals surface area contributed by atoms with Crippen LogP contribution in [-0.4, -0.2) is 29.4 Å². The minimum atomic E-state index is -1.03. The number of carbonyl (C=O) groups is 3. The Morgan fingerprint density at radius 1 is 1.04 bits per heavy atom. The van der Waals surface area contributed by atoms with E-state index in [0.29, 0.717) is 22.5 Å². The lowest BCUT2D eigenvalue weighted by Crippen LogP contribution is -2.33. The average molecular weight is 352 g/mol. The van der Waals surface area contributed by atoms with E-state index in [2.05, 4.69) is 5.16 Å². The number of oxime groups is 1. The van der Waals surface area contributed by atoms with Crippen molar-refractivity contribution in [3.05, 3.63) is 65.5 Å². The second-order valence-corrected chi connectivity index (χ2v) is 6.10. The van der Waals surface area contributed by atoms with Crippen molar-refractivity contribution in [2.75, 3.05) is 4.90 Å². The van der Waals surface area contributed by atoms with Crippen LogP contribution in [0.3, 0.4) is 0 Å². The van der Waals surface area contributed by atoms with Crippen LogP contribution in [0.4, 0.5) is 10.1 Å². The van der Waals surface area contributed by atoms with Crippen molar-refractivity contribution in [1.82, 2.24) is 0 Å². The first-order valence-corrected chi connectivity index (χ1v) is 7.96. The van der Waals surface area contributed by atoms with E-state index in [1.165, 1.54) is 31.2 Å². The number of fused-ring (bicyclic) bond motifs is 1. The van der Waals surface area contributed by atoms with Gasteiger partial charge in [-0.2, -0.15) is 0 Å². The molecule has 2 atom stereocenters. The number of rotatable bonds is 3. The van der Waals surface area contributed by atoms with Crippen molar-refractivity contribution in [2.45, 2.75) is 13.0 Å². The van der Waals surface area contributed by atoms with Gasteiger partial charge in [0, 0.05) is 11.1 Å². The second kappa shape index (κ2) is 5.87. The van der Waals surface area contributed by atoms with Crippen molar-refractivity contribution < 1.29 is 23.6 Å². The Kier molecular flexibility index (Phi) is 3.64. The number of halogens is 1. The summed E-state index contributed by atoms with van der Waals surface area (Å²) >= 11 is 0. The highest BCUT2D eigenvalue weighted by Crippen LogP contribution is 2.35. The molecule has 4 rings (SSSR count). The Labute approximate surface area is 147 Å². The summed E-state index contributed by atoms with van der Waals surface area (Å²) in [5.41, 5.74) is 1.67. The molecule has 2 aliphatic rings. The largest absolute Gasteiger partial charge is 0.381 e. The Balaban J connectivity index is 1.66. The molecular weight excluding hydrogens is 339 g/mol. The number of benzene rings is 2. The first kappa shape index (κ1) is 16.1. The first-order chi connectivity index (χ1) is 12.5. The third-order valence-corrected chi connectivity index (χ3v) is 4.48. The van der Waals surface area contributed by atoms with Crippen LogP contribution in [-0.2, 0) is 14.4 Å². The number of ketones is 1. The number of nitrogens with zero attached hydrogens (tertiary/aromatic N) is 2. The van der Waals surface area contributed by atoms with Crippen molar-refractivity contribution in [3.63, 3.8) is 0 Å². The number of amides is 2. The molecule has 2 aromatic carbocycles. The number of carbonyl (C=O) groups excluding carboxylic acids is 3. The van der Waals surface area contributed by atoms with Crippen LogP contribution < -0.4 is 4.90 Å². The maximum absolute atomic E-state index is 13.1. The molecule has 1 saturated heterocycles. The maximum Gasteiger partial charge on any atom is 0.278 e. The van der Waals surface area contributed by atoms with Gasteiger partial charge in [-0.15, -0.1) is 0 Å². The fraction of sp³-hybridized carbons (Fsp3) is 0.158. The summed E-state index contributed by atoms with van der Waals surface area (Å²) in [5, 5.41) is 3.87. The summed E-state index contributed by atoms with van der Waals surface area (Å²) in [5.74, 6) is -2.37. The SMILES string of the molecule is CC(=O)c1ccc(N2C(=O)[C@H]3C(c4ccc(F)cc4)=NO[C@@H]3C2=O)cc1. The van der Waals surface area contributed by atoms with Crippen LogP contribution in [0.5, 0.6) is 0 Å². The van der Waals surface area contributed by atoms with E-state index >= 15 is 0 Å². The van der Waals surface area contributed by atoms with Gasteiger partial charge < -0.3 is 4.84 Å². The predicted octanol–water partition coefficient (Wildman–Crippen LogP) is 2.32. The molecule has 0 saturated carbocycles. The zero-order valence-electron chi connectivity index (χ0n) is 13.7.